The van der Waals surface area contributed by atoms with Crippen molar-refractivity contribution < 1.29 is 4.74 Å². The van der Waals surface area contributed by atoms with Gasteiger partial charge in [-0.15, -0.1) is 0 Å². The van der Waals surface area contributed by atoms with Gasteiger partial charge in [0.2, 0.25) is 0 Å². The molecular weight excluding hydrogens is 809 g/mol. The summed E-state index contributed by atoms with van der Waals surface area (Å²) in [5.41, 5.74) is 0. The van der Waals surface area contributed by atoms with E-state index >= 15 is 0 Å². The molecule has 0 amide bonds. The minimum atomic E-state index is 0.851. The van der Waals surface area contributed by atoms with Crippen LogP contribution in [0.2, 0.25) is 0 Å². The molecule has 0 aliphatic heterocycles. The molecule has 0 saturated carbocycles. The molecule has 0 atom stereocenters. The molecule has 0 spiro atoms. The van der Waals surface area contributed by atoms with Crippen molar-refractivity contribution in [3.8, 4) is 0 Å². The van der Waals surface area contributed by atoms with E-state index in [1.165, 1.54) is 398 Å². The fourth-order valence-corrected chi connectivity index (χ4v) is 10.9. The Hall–Kier alpha value is -0.460. The first kappa shape index (κ1) is 66.5. The quantitative estimate of drug-likeness (QED) is 0.0436. The highest BCUT2D eigenvalue weighted by Gasteiger charge is 2.00. The molecule has 402 valence electrons. The lowest BCUT2D eigenvalue weighted by Crippen LogP contribution is -1.87. The Bertz CT molecular complexity index is 818. The largest absolute Gasteiger partial charge is 0.502 e. The minimum absolute atomic E-state index is 0.851. The molecule has 0 N–H and O–H groups in total. The van der Waals surface area contributed by atoms with Gasteiger partial charge in [-0.3, -0.25) is 0 Å². The lowest BCUT2D eigenvalue weighted by molar-refractivity contribution is 0.241. The molecule has 0 rings (SSSR count). The summed E-state index contributed by atoms with van der Waals surface area (Å²) in [6, 6.07) is 0. The number of rotatable bonds is 64. The lowest BCUT2D eigenvalue weighted by Gasteiger charge is -2.05. The Morgan fingerprint density at radius 2 is 0.284 bits per heavy atom. The van der Waals surface area contributed by atoms with Crippen LogP contribution in [0.4, 0.5) is 0 Å². The molecule has 0 aromatic carbocycles. The summed E-state index contributed by atoms with van der Waals surface area (Å²) < 4.78 is 5.19. The van der Waals surface area contributed by atoms with Crippen molar-refractivity contribution in [2.75, 3.05) is 6.61 Å². The Labute approximate surface area is 427 Å². The van der Waals surface area contributed by atoms with Gasteiger partial charge in [0, 0.05) is 0 Å². The van der Waals surface area contributed by atoms with Crippen molar-refractivity contribution in [1.29, 1.82) is 0 Å². The maximum atomic E-state index is 5.19. The van der Waals surface area contributed by atoms with E-state index in [1.807, 2.05) is 0 Å². The van der Waals surface area contributed by atoms with E-state index in [1.54, 1.807) is 6.26 Å². The summed E-state index contributed by atoms with van der Waals surface area (Å²) in [4.78, 5) is 0. The van der Waals surface area contributed by atoms with Crippen LogP contribution in [0.15, 0.2) is 12.8 Å². The highest BCUT2D eigenvalue weighted by molar-refractivity contribution is 4.56. The Morgan fingerprint density at radius 3 is 0.388 bits per heavy atom. The predicted molar refractivity (Wildman–Crippen MR) is 308 cm³/mol. The number of ether oxygens (including phenoxy) is 1. The van der Waals surface area contributed by atoms with Crippen molar-refractivity contribution >= 4 is 0 Å². The van der Waals surface area contributed by atoms with Crippen molar-refractivity contribution in [2.24, 2.45) is 0 Å². The third kappa shape index (κ3) is 65.5. The zero-order valence-corrected chi connectivity index (χ0v) is 47.2. The highest BCUT2D eigenvalue weighted by atomic mass is 16.5. The molecule has 0 bridgehead atoms. The fourth-order valence-electron chi connectivity index (χ4n) is 10.9. The zero-order chi connectivity index (χ0) is 48.0. The summed E-state index contributed by atoms with van der Waals surface area (Å²) in [6.45, 7) is 6.76. The Morgan fingerprint density at radius 1 is 0.179 bits per heavy atom. The van der Waals surface area contributed by atoms with Crippen LogP contribution in [0.5, 0.6) is 0 Å². The monoisotopic (exact) mass is 941 g/mol. The molecule has 1 heteroatoms. The number of hydrogen-bond acceptors (Lipinski definition) is 1. The average molecular weight is 942 g/mol. The smallest absolute Gasteiger partial charge is 0.0873 e. The maximum absolute atomic E-state index is 5.19. The molecule has 0 aromatic heterocycles. The third-order valence-electron chi connectivity index (χ3n) is 15.7. The van der Waals surface area contributed by atoms with E-state index in [2.05, 4.69) is 13.5 Å². The van der Waals surface area contributed by atoms with Gasteiger partial charge in [0.15, 0.2) is 0 Å². The highest BCUT2D eigenvalue weighted by Crippen LogP contribution is 2.20. The van der Waals surface area contributed by atoms with Crippen LogP contribution in [-0.4, -0.2) is 6.61 Å². The van der Waals surface area contributed by atoms with Crippen molar-refractivity contribution in [2.45, 2.75) is 405 Å². The maximum Gasteiger partial charge on any atom is 0.0873 e. The second kappa shape index (κ2) is 65.5. The van der Waals surface area contributed by atoms with E-state index in [9.17, 15) is 0 Å². The Balaban J connectivity index is 3.07. The summed E-state index contributed by atoms with van der Waals surface area (Å²) >= 11 is 0. The summed E-state index contributed by atoms with van der Waals surface area (Å²) in [7, 11) is 0. The molecule has 1 nitrogen and oxygen atoms in total. The van der Waals surface area contributed by atoms with Gasteiger partial charge in [0.1, 0.15) is 0 Å². The lowest BCUT2D eigenvalue weighted by atomic mass is 10.0. The SMILES string of the molecule is C=COCCCCCCCCCCCCCCCCCCCCCCCCCCCCCCCCCCCCCCCCCCCCCCCCCCCCCCCCCCCCCCCC. The van der Waals surface area contributed by atoms with E-state index in [4.69, 9.17) is 4.74 Å². The van der Waals surface area contributed by atoms with Crippen LogP contribution in [0, 0.1) is 0 Å². The second-order valence-corrected chi connectivity index (χ2v) is 22.6. The second-order valence-electron chi connectivity index (χ2n) is 22.6. The first-order chi connectivity index (χ1) is 33.4. The van der Waals surface area contributed by atoms with Gasteiger partial charge in [0.25, 0.3) is 0 Å². The van der Waals surface area contributed by atoms with Gasteiger partial charge in [-0.2, -0.15) is 0 Å². The van der Waals surface area contributed by atoms with Crippen LogP contribution in [-0.2, 0) is 4.74 Å². The summed E-state index contributed by atoms with van der Waals surface area (Å²) in [5.74, 6) is 0. The predicted octanol–water partition coefficient (Wildman–Crippen LogP) is 25.4. The summed E-state index contributed by atoms with van der Waals surface area (Å²) in [5, 5.41) is 0. The molecule has 0 heterocycles. The van der Waals surface area contributed by atoms with E-state index in [-0.39, 0.29) is 0 Å². The summed E-state index contributed by atoms with van der Waals surface area (Å²) in [6.07, 6.45) is 93.0. The van der Waals surface area contributed by atoms with Crippen LogP contribution >= 0.6 is 0 Å². The van der Waals surface area contributed by atoms with Crippen molar-refractivity contribution in [3.63, 3.8) is 0 Å². The first-order valence-corrected chi connectivity index (χ1v) is 32.6. The van der Waals surface area contributed by atoms with Gasteiger partial charge in [-0.1, -0.05) is 405 Å². The van der Waals surface area contributed by atoms with Crippen LogP contribution < -0.4 is 0 Å². The third-order valence-corrected chi connectivity index (χ3v) is 15.7. The topological polar surface area (TPSA) is 9.23 Å². The van der Waals surface area contributed by atoms with Gasteiger partial charge < -0.3 is 4.74 Å². The number of hydrogen-bond donors (Lipinski definition) is 0. The van der Waals surface area contributed by atoms with Crippen molar-refractivity contribution in [3.05, 3.63) is 12.8 Å². The zero-order valence-electron chi connectivity index (χ0n) is 47.2. The van der Waals surface area contributed by atoms with E-state index < -0.39 is 0 Å². The Kier molecular flexibility index (Phi) is 65.1. The first-order valence-electron chi connectivity index (χ1n) is 32.6. The van der Waals surface area contributed by atoms with Gasteiger partial charge in [0.05, 0.1) is 12.9 Å². The van der Waals surface area contributed by atoms with Crippen LogP contribution in [0.25, 0.3) is 0 Å². The van der Waals surface area contributed by atoms with Crippen LogP contribution in [0.3, 0.4) is 0 Å². The van der Waals surface area contributed by atoms with Crippen LogP contribution in [0.1, 0.15) is 405 Å². The molecule has 0 aliphatic rings. The number of unbranched alkanes of at least 4 members (excludes halogenated alkanes) is 61. The van der Waals surface area contributed by atoms with Gasteiger partial charge in [-0.25, -0.2) is 0 Å². The molecule has 0 aromatic rings. The molecule has 67 heavy (non-hydrogen) atoms. The molecule has 0 saturated heterocycles. The van der Waals surface area contributed by atoms with Gasteiger partial charge >= 0.3 is 0 Å². The molecule has 0 aliphatic carbocycles. The van der Waals surface area contributed by atoms with Crippen molar-refractivity contribution in [1.82, 2.24) is 0 Å². The van der Waals surface area contributed by atoms with E-state index in [0.717, 1.165) is 6.61 Å². The van der Waals surface area contributed by atoms with E-state index in [0.29, 0.717) is 0 Å². The average Bonchev–Trinajstić information content (AvgIpc) is 3.34. The molecule has 0 unspecified atom stereocenters. The molecule has 0 fully saturated rings. The fraction of sp³-hybridized carbons (Fsp3) is 0.970. The molecule has 0 radical (unpaired) electrons. The molecular formula is C66H132O. The van der Waals surface area contributed by atoms with Gasteiger partial charge in [-0.05, 0) is 6.42 Å². The minimum Gasteiger partial charge on any atom is -0.502 e. The standard InChI is InChI=1S/C66H132O/c1-3-5-6-7-8-9-10-11-12-13-14-15-16-17-18-19-20-21-22-23-24-25-26-27-28-29-30-31-32-33-34-35-36-37-38-39-40-41-42-43-44-45-46-47-48-49-50-51-52-53-54-55-56-57-58-59-60-61-62-63-64-65-66-67-4-2/h4H,2-3,5-66H2,1H3. The normalized spacial score (nSPS) is 11.6.